The van der Waals surface area contributed by atoms with Gasteiger partial charge in [-0.1, -0.05) is 6.92 Å². The van der Waals surface area contributed by atoms with Crippen molar-refractivity contribution in [2.45, 2.75) is 33.2 Å². The van der Waals surface area contributed by atoms with Gasteiger partial charge in [-0.05, 0) is 31.9 Å². The van der Waals surface area contributed by atoms with Crippen LogP contribution in [0, 0.1) is 0 Å². The summed E-state index contributed by atoms with van der Waals surface area (Å²) in [5, 5.41) is 0. The van der Waals surface area contributed by atoms with Crippen molar-refractivity contribution in [1.82, 2.24) is 4.98 Å². The minimum atomic E-state index is 0.501. The van der Waals surface area contributed by atoms with Crippen LogP contribution in [0.4, 0.5) is 5.69 Å². The third-order valence-electron chi connectivity index (χ3n) is 2.80. The maximum atomic E-state index is 5.55. The van der Waals surface area contributed by atoms with Gasteiger partial charge in [0.15, 0.2) is 0 Å². The number of fused-ring (bicyclic) bond motifs is 1. The van der Waals surface area contributed by atoms with Crippen molar-refractivity contribution >= 4 is 5.69 Å². The molecule has 15 heavy (non-hydrogen) atoms. The highest BCUT2D eigenvalue weighted by Gasteiger charge is 2.21. The molecule has 0 fully saturated rings. The van der Waals surface area contributed by atoms with Crippen LogP contribution in [0.2, 0.25) is 0 Å². The van der Waals surface area contributed by atoms with Gasteiger partial charge in [0.05, 0.1) is 6.54 Å². The highest BCUT2D eigenvalue weighted by atomic mass is 16.5. The molecule has 0 saturated carbocycles. The van der Waals surface area contributed by atoms with E-state index >= 15 is 0 Å². The lowest BCUT2D eigenvalue weighted by Crippen LogP contribution is -2.38. The van der Waals surface area contributed by atoms with Crippen LogP contribution in [-0.4, -0.2) is 24.2 Å². The molecule has 3 heteroatoms. The van der Waals surface area contributed by atoms with Gasteiger partial charge < -0.3 is 9.64 Å². The van der Waals surface area contributed by atoms with E-state index in [0.717, 1.165) is 31.1 Å². The van der Waals surface area contributed by atoms with E-state index in [1.54, 1.807) is 0 Å². The Morgan fingerprint density at radius 2 is 2.33 bits per heavy atom. The summed E-state index contributed by atoms with van der Waals surface area (Å²) in [5.74, 6) is 0.784. The second-order valence-electron chi connectivity index (χ2n) is 4.16. The zero-order valence-corrected chi connectivity index (χ0v) is 9.66. The number of rotatable bonds is 2. The molecule has 0 amide bonds. The number of ether oxygens (including phenoxy) is 1. The van der Waals surface area contributed by atoms with Gasteiger partial charge in [0.2, 0.25) is 5.88 Å². The molecule has 0 spiro atoms. The number of hydrogen-bond acceptors (Lipinski definition) is 3. The number of nitrogens with zero attached hydrogens (tertiary/aromatic N) is 2. The van der Waals surface area contributed by atoms with Crippen molar-refractivity contribution in [2.75, 3.05) is 18.1 Å². The van der Waals surface area contributed by atoms with Crippen molar-refractivity contribution in [2.24, 2.45) is 0 Å². The monoisotopic (exact) mass is 206 g/mol. The lowest BCUT2D eigenvalue weighted by Gasteiger charge is -2.33. The van der Waals surface area contributed by atoms with E-state index in [9.17, 15) is 0 Å². The highest BCUT2D eigenvalue weighted by molar-refractivity contribution is 5.58. The summed E-state index contributed by atoms with van der Waals surface area (Å²) in [6, 6.07) is 2.70. The van der Waals surface area contributed by atoms with Gasteiger partial charge in [0.1, 0.15) is 12.3 Å². The molecular formula is C12H18N2O. The lowest BCUT2D eigenvalue weighted by molar-refractivity contribution is 0.290. The summed E-state index contributed by atoms with van der Waals surface area (Å²) >= 11 is 0. The SMILES string of the molecule is CCc1cnc2c(c1)N(C(C)C)CCO2. The molecule has 0 saturated heterocycles. The topological polar surface area (TPSA) is 25.4 Å². The van der Waals surface area contributed by atoms with Crippen LogP contribution >= 0.6 is 0 Å². The summed E-state index contributed by atoms with van der Waals surface area (Å²) < 4.78 is 5.55. The fraction of sp³-hybridized carbons (Fsp3) is 0.583. The maximum absolute atomic E-state index is 5.55. The molecule has 2 rings (SSSR count). The van der Waals surface area contributed by atoms with Gasteiger partial charge in [-0.25, -0.2) is 4.98 Å². The molecule has 1 aliphatic rings. The summed E-state index contributed by atoms with van der Waals surface area (Å²) in [5.41, 5.74) is 2.42. The molecule has 3 nitrogen and oxygen atoms in total. The normalized spacial score (nSPS) is 15.1. The highest BCUT2D eigenvalue weighted by Crippen LogP contribution is 2.31. The smallest absolute Gasteiger partial charge is 0.237 e. The molecule has 0 aromatic carbocycles. The molecule has 82 valence electrons. The molecule has 0 atom stereocenters. The van der Waals surface area contributed by atoms with Crippen LogP contribution in [0.5, 0.6) is 5.88 Å². The van der Waals surface area contributed by atoms with E-state index < -0.39 is 0 Å². The largest absolute Gasteiger partial charge is 0.474 e. The molecule has 0 bridgehead atoms. The Hall–Kier alpha value is -1.25. The van der Waals surface area contributed by atoms with E-state index in [-0.39, 0.29) is 0 Å². The molecule has 1 aromatic heterocycles. The van der Waals surface area contributed by atoms with E-state index in [4.69, 9.17) is 4.74 Å². The van der Waals surface area contributed by atoms with E-state index in [1.807, 2.05) is 6.20 Å². The number of anilines is 1. The predicted octanol–water partition coefficient (Wildman–Crippen LogP) is 2.25. The summed E-state index contributed by atoms with van der Waals surface area (Å²) in [7, 11) is 0. The fourth-order valence-corrected chi connectivity index (χ4v) is 1.89. The van der Waals surface area contributed by atoms with Crippen LogP contribution in [0.25, 0.3) is 0 Å². The Bertz CT molecular complexity index is 349. The van der Waals surface area contributed by atoms with E-state index in [1.165, 1.54) is 5.56 Å². The molecule has 0 N–H and O–H groups in total. The van der Waals surface area contributed by atoms with Crippen molar-refractivity contribution < 1.29 is 4.74 Å². The van der Waals surface area contributed by atoms with Crippen molar-refractivity contribution in [3.05, 3.63) is 17.8 Å². The van der Waals surface area contributed by atoms with Gasteiger partial charge in [-0.3, -0.25) is 0 Å². The second-order valence-corrected chi connectivity index (χ2v) is 4.16. The predicted molar refractivity (Wildman–Crippen MR) is 61.6 cm³/mol. The minimum Gasteiger partial charge on any atom is -0.474 e. The molecule has 0 radical (unpaired) electrons. The Morgan fingerprint density at radius 3 is 3.00 bits per heavy atom. The summed E-state index contributed by atoms with van der Waals surface area (Å²) in [4.78, 5) is 6.71. The Labute approximate surface area is 91.1 Å². The summed E-state index contributed by atoms with van der Waals surface area (Å²) in [6.45, 7) is 8.25. The molecule has 2 heterocycles. The Balaban J connectivity index is 2.39. The van der Waals surface area contributed by atoms with Crippen molar-refractivity contribution in [1.29, 1.82) is 0 Å². The zero-order valence-electron chi connectivity index (χ0n) is 9.66. The van der Waals surface area contributed by atoms with Gasteiger partial charge >= 0.3 is 0 Å². The Kier molecular flexibility index (Phi) is 2.80. The molecule has 0 aliphatic carbocycles. The quantitative estimate of drug-likeness (QED) is 0.742. The average Bonchev–Trinajstić information content (AvgIpc) is 2.27. The standard InChI is InChI=1S/C12H18N2O/c1-4-10-7-11-12(13-8-10)15-6-5-14(11)9(2)3/h7-9H,4-6H2,1-3H3. The average molecular weight is 206 g/mol. The Morgan fingerprint density at radius 1 is 1.53 bits per heavy atom. The van der Waals surface area contributed by atoms with Gasteiger partial charge in [-0.2, -0.15) is 0 Å². The first kappa shape index (κ1) is 10.3. The first-order chi connectivity index (χ1) is 7.22. The summed E-state index contributed by atoms with van der Waals surface area (Å²) in [6.07, 6.45) is 2.93. The molecule has 0 unspecified atom stereocenters. The number of pyridine rings is 1. The number of hydrogen-bond donors (Lipinski definition) is 0. The van der Waals surface area contributed by atoms with Gasteiger partial charge in [0, 0.05) is 12.2 Å². The molecule has 1 aromatic rings. The lowest BCUT2D eigenvalue weighted by atomic mass is 10.1. The third kappa shape index (κ3) is 1.91. The first-order valence-corrected chi connectivity index (χ1v) is 5.60. The van der Waals surface area contributed by atoms with Crippen molar-refractivity contribution in [3.8, 4) is 5.88 Å². The van der Waals surface area contributed by atoms with Gasteiger partial charge in [-0.15, -0.1) is 0 Å². The molecular weight excluding hydrogens is 188 g/mol. The van der Waals surface area contributed by atoms with Crippen LogP contribution in [0.3, 0.4) is 0 Å². The van der Waals surface area contributed by atoms with Gasteiger partial charge in [0.25, 0.3) is 0 Å². The van der Waals surface area contributed by atoms with E-state index in [0.29, 0.717) is 6.04 Å². The third-order valence-corrected chi connectivity index (χ3v) is 2.80. The molecule has 1 aliphatic heterocycles. The fourth-order valence-electron chi connectivity index (χ4n) is 1.89. The first-order valence-electron chi connectivity index (χ1n) is 5.60. The minimum absolute atomic E-state index is 0.501. The van der Waals surface area contributed by atoms with Crippen molar-refractivity contribution in [3.63, 3.8) is 0 Å². The van der Waals surface area contributed by atoms with Crippen LogP contribution in [0.1, 0.15) is 26.3 Å². The zero-order chi connectivity index (χ0) is 10.8. The van der Waals surface area contributed by atoms with E-state index in [2.05, 4.69) is 36.7 Å². The van der Waals surface area contributed by atoms with Crippen LogP contribution < -0.4 is 9.64 Å². The van der Waals surface area contributed by atoms with Crippen LogP contribution in [0.15, 0.2) is 12.3 Å². The maximum Gasteiger partial charge on any atom is 0.237 e. The van der Waals surface area contributed by atoms with Crippen LogP contribution in [-0.2, 0) is 6.42 Å². The number of aromatic nitrogens is 1. The number of aryl methyl sites for hydroxylation is 1. The second kappa shape index (κ2) is 4.09.